The Labute approximate surface area is 116 Å². The van der Waals surface area contributed by atoms with E-state index in [-0.39, 0.29) is 36.0 Å². The van der Waals surface area contributed by atoms with Crippen LogP contribution in [0.2, 0.25) is 5.02 Å². The van der Waals surface area contributed by atoms with Gasteiger partial charge in [-0.25, -0.2) is 4.39 Å². The van der Waals surface area contributed by atoms with Gasteiger partial charge in [-0.15, -0.1) is 12.4 Å². The predicted molar refractivity (Wildman–Crippen MR) is 72.6 cm³/mol. The summed E-state index contributed by atoms with van der Waals surface area (Å²) in [4.78, 5) is 11.8. The highest BCUT2D eigenvalue weighted by Gasteiger charge is 2.28. The van der Waals surface area contributed by atoms with E-state index in [1.54, 1.807) is 6.07 Å². The SMILES string of the molecule is Cl.NC1CCC(C(=O)Nc2ccc(Cl)cc2F)C1. The summed E-state index contributed by atoms with van der Waals surface area (Å²) in [7, 11) is 0. The Hall–Kier alpha value is -0.840. The van der Waals surface area contributed by atoms with Gasteiger partial charge in [0, 0.05) is 17.0 Å². The molecule has 0 aliphatic heterocycles. The van der Waals surface area contributed by atoms with Crippen molar-refractivity contribution in [1.82, 2.24) is 0 Å². The largest absolute Gasteiger partial charge is 0.328 e. The van der Waals surface area contributed by atoms with E-state index in [1.807, 2.05) is 0 Å². The van der Waals surface area contributed by atoms with E-state index >= 15 is 0 Å². The number of nitrogens with two attached hydrogens (primary N) is 1. The lowest BCUT2D eigenvalue weighted by molar-refractivity contribution is -0.119. The fourth-order valence-corrected chi connectivity index (χ4v) is 2.24. The van der Waals surface area contributed by atoms with Crippen LogP contribution in [0.5, 0.6) is 0 Å². The van der Waals surface area contributed by atoms with E-state index in [1.165, 1.54) is 12.1 Å². The zero-order valence-electron chi connectivity index (χ0n) is 9.66. The molecule has 0 spiro atoms. The van der Waals surface area contributed by atoms with Gasteiger partial charge in [-0.3, -0.25) is 4.79 Å². The van der Waals surface area contributed by atoms with E-state index < -0.39 is 5.82 Å². The minimum Gasteiger partial charge on any atom is -0.328 e. The quantitative estimate of drug-likeness (QED) is 0.880. The lowest BCUT2D eigenvalue weighted by Crippen LogP contribution is -2.23. The number of benzene rings is 1. The number of nitrogens with one attached hydrogen (secondary N) is 1. The minimum absolute atomic E-state index is 0. The van der Waals surface area contributed by atoms with Crippen molar-refractivity contribution >= 4 is 35.6 Å². The molecule has 1 aliphatic carbocycles. The van der Waals surface area contributed by atoms with Crippen molar-refractivity contribution in [2.45, 2.75) is 25.3 Å². The summed E-state index contributed by atoms with van der Waals surface area (Å²) in [6.45, 7) is 0. The summed E-state index contributed by atoms with van der Waals surface area (Å²) in [5.41, 5.74) is 5.90. The van der Waals surface area contributed by atoms with Crippen molar-refractivity contribution in [2.24, 2.45) is 11.7 Å². The van der Waals surface area contributed by atoms with Gasteiger partial charge in [-0.2, -0.15) is 0 Å². The molecule has 0 radical (unpaired) electrons. The van der Waals surface area contributed by atoms with Crippen LogP contribution < -0.4 is 11.1 Å². The number of anilines is 1. The van der Waals surface area contributed by atoms with Crippen LogP contribution in [0.1, 0.15) is 19.3 Å². The molecule has 1 aromatic carbocycles. The molecule has 3 N–H and O–H groups in total. The summed E-state index contributed by atoms with van der Waals surface area (Å²) in [5.74, 6) is -0.799. The molecule has 2 rings (SSSR count). The van der Waals surface area contributed by atoms with Crippen molar-refractivity contribution in [3.8, 4) is 0 Å². The molecule has 1 aromatic rings. The molecule has 1 fully saturated rings. The molecular weight excluding hydrogens is 278 g/mol. The standard InChI is InChI=1S/C12H14ClFN2O.ClH/c13-8-2-4-11(10(14)6-8)16-12(17)7-1-3-9(15)5-7;/h2,4,6-7,9H,1,3,5,15H2,(H,16,17);1H. The first-order chi connectivity index (χ1) is 8.06. The molecule has 1 amide bonds. The Balaban J connectivity index is 0.00000162. The normalized spacial score (nSPS) is 22.4. The second-order valence-electron chi connectivity index (χ2n) is 4.38. The molecule has 0 aromatic heterocycles. The zero-order chi connectivity index (χ0) is 12.4. The van der Waals surface area contributed by atoms with Crippen LogP contribution in [0, 0.1) is 11.7 Å². The van der Waals surface area contributed by atoms with E-state index in [2.05, 4.69) is 5.32 Å². The second-order valence-corrected chi connectivity index (χ2v) is 4.82. The van der Waals surface area contributed by atoms with Gasteiger partial charge in [0.15, 0.2) is 0 Å². The van der Waals surface area contributed by atoms with E-state index in [0.717, 1.165) is 12.8 Å². The minimum atomic E-state index is -0.520. The first kappa shape index (κ1) is 15.2. The zero-order valence-corrected chi connectivity index (χ0v) is 11.2. The van der Waals surface area contributed by atoms with E-state index in [0.29, 0.717) is 11.4 Å². The highest BCUT2D eigenvalue weighted by atomic mass is 35.5. The maximum atomic E-state index is 13.5. The molecular formula is C12H15Cl2FN2O. The van der Waals surface area contributed by atoms with E-state index in [4.69, 9.17) is 17.3 Å². The van der Waals surface area contributed by atoms with Crippen LogP contribution in [-0.2, 0) is 4.79 Å². The van der Waals surface area contributed by atoms with Crippen LogP contribution in [0.25, 0.3) is 0 Å². The summed E-state index contributed by atoms with van der Waals surface area (Å²) in [5, 5.41) is 2.88. The summed E-state index contributed by atoms with van der Waals surface area (Å²) in [6, 6.07) is 4.27. The fraction of sp³-hybridized carbons (Fsp3) is 0.417. The van der Waals surface area contributed by atoms with Crippen LogP contribution in [0.15, 0.2) is 18.2 Å². The van der Waals surface area contributed by atoms with Gasteiger partial charge in [0.05, 0.1) is 5.69 Å². The average molecular weight is 293 g/mol. The average Bonchev–Trinajstić information content (AvgIpc) is 2.69. The van der Waals surface area contributed by atoms with Gasteiger partial charge in [0.25, 0.3) is 0 Å². The summed E-state index contributed by atoms with van der Waals surface area (Å²) < 4.78 is 13.5. The molecule has 0 heterocycles. The van der Waals surface area contributed by atoms with E-state index in [9.17, 15) is 9.18 Å². The highest BCUT2D eigenvalue weighted by molar-refractivity contribution is 6.30. The van der Waals surface area contributed by atoms with Gasteiger partial charge < -0.3 is 11.1 Å². The Kier molecular flexibility index (Phi) is 5.38. The maximum absolute atomic E-state index is 13.5. The Morgan fingerprint density at radius 1 is 1.44 bits per heavy atom. The Morgan fingerprint density at radius 3 is 2.72 bits per heavy atom. The molecule has 100 valence electrons. The number of rotatable bonds is 2. The van der Waals surface area contributed by atoms with Crippen LogP contribution in [0.4, 0.5) is 10.1 Å². The highest BCUT2D eigenvalue weighted by Crippen LogP contribution is 2.26. The topological polar surface area (TPSA) is 55.1 Å². The first-order valence-electron chi connectivity index (χ1n) is 5.58. The number of carbonyl (C=O) groups excluding carboxylic acids is 1. The predicted octanol–water partition coefficient (Wildman–Crippen LogP) is 2.97. The molecule has 0 saturated heterocycles. The van der Waals surface area contributed by atoms with Crippen molar-refractivity contribution in [3.63, 3.8) is 0 Å². The second kappa shape index (κ2) is 6.36. The molecule has 1 aliphatic rings. The summed E-state index contributed by atoms with van der Waals surface area (Å²) in [6.07, 6.45) is 2.28. The van der Waals surface area contributed by atoms with Crippen molar-refractivity contribution in [1.29, 1.82) is 0 Å². The number of carbonyl (C=O) groups is 1. The van der Waals surface area contributed by atoms with Gasteiger partial charge in [-0.05, 0) is 37.5 Å². The van der Waals surface area contributed by atoms with Crippen molar-refractivity contribution in [3.05, 3.63) is 29.0 Å². The molecule has 2 atom stereocenters. The molecule has 6 heteroatoms. The van der Waals surface area contributed by atoms with Crippen LogP contribution in [0.3, 0.4) is 0 Å². The third-order valence-electron chi connectivity index (χ3n) is 3.03. The van der Waals surface area contributed by atoms with Gasteiger partial charge >= 0.3 is 0 Å². The fourth-order valence-electron chi connectivity index (χ4n) is 2.08. The monoisotopic (exact) mass is 292 g/mol. The van der Waals surface area contributed by atoms with Gasteiger partial charge in [0.1, 0.15) is 5.82 Å². The smallest absolute Gasteiger partial charge is 0.227 e. The van der Waals surface area contributed by atoms with Crippen LogP contribution >= 0.6 is 24.0 Å². The first-order valence-corrected chi connectivity index (χ1v) is 5.95. The number of amides is 1. The molecule has 0 bridgehead atoms. The Morgan fingerprint density at radius 2 is 2.17 bits per heavy atom. The third-order valence-corrected chi connectivity index (χ3v) is 3.27. The lowest BCUT2D eigenvalue weighted by Gasteiger charge is -2.11. The van der Waals surface area contributed by atoms with Gasteiger partial charge in [-0.1, -0.05) is 11.6 Å². The Bertz CT molecular complexity index is 442. The molecule has 3 nitrogen and oxygen atoms in total. The van der Waals surface area contributed by atoms with Crippen molar-refractivity contribution in [2.75, 3.05) is 5.32 Å². The maximum Gasteiger partial charge on any atom is 0.227 e. The third kappa shape index (κ3) is 3.57. The molecule has 1 saturated carbocycles. The van der Waals surface area contributed by atoms with Crippen molar-refractivity contribution < 1.29 is 9.18 Å². The van der Waals surface area contributed by atoms with Crippen LogP contribution in [-0.4, -0.2) is 11.9 Å². The van der Waals surface area contributed by atoms with Gasteiger partial charge in [0.2, 0.25) is 5.91 Å². The lowest BCUT2D eigenvalue weighted by atomic mass is 10.1. The number of halogens is 3. The molecule has 2 unspecified atom stereocenters. The molecule has 18 heavy (non-hydrogen) atoms. The summed E-state index contributed by atoms with van der Waals surface area (Å²) >= 11 is 5.63. The number of hydrogen-bond acceptors (Lipinski definition) is 2. The number of hydrogen-bond donors (Lipinski definition) is 2.